The maximum Gasteiger partial charge on any atom is 0.145 e. The van der Waals surface area contributed by atoms with Gasteiger partial charge in [0.05, 0.1) is 33.1 Å². The summed E-state index contributed by atoms with van der Waals surface area (Å²) >= 11 is 1.85. The van der Waals surface area contributed by atoms with Gasteiger partial charge in [-0.3, -0.25) is 0 Å². The van der Waals surface area contributed by atoms with E-state index < -0.39 is 0 Å². The van der Waals surface area contributed by atoms with Crippen LogP contribution in [0.1, 0.15) is 0 Å². The van der Waals surface area contributed by atoms with Gasteiger partial charge in [0, 0.05) is 52.8 Å². The van der Waals surface area contributed by atoms with E-state index in [0.717, 1.165) is 49.7 Å². The van der Waals surface area contributed by atoms with Gasteiger partial charge in [-0.05, 0) is 60.7 Å². The molecule has 4 aromatic heterocycles. The van der Waals surface area contributed by atoms with Crippen molar-refractivity contribution >= 4 is 97.1 Å². The number of para-hydroxylation sites is 4. The SMILES string of the molecule is c1ccc2c(c1)oc1c2ccc2c1c1cccc(-n3c4ccccc4c4ccccc43)c1n2-c1ccc2sc3ccccc3c2c1. The van der Waals surface area contributed by atoms with Crippen LogP contribution in [-0.2, 0) is 0 Å². The minimum atomic E-state index is 0.913. The second-order valence-corrected chi connectivity index (χ2v) is 13.2. The van der Waals surface area contributed by atoms with E-state index in [2.05, 4.69) is 149 Å². The third-order valence-corrected chi connectivity index (χ3v) is 10.9. The molecule has 0 aliphatic heterocycles. The van der Waals surface area contributed by atoms with Crippen molar-refractivity contribution in [2.75, 3.05) is 0 Å². The molecule has 11 aromatic rings. The topological polar surface area (TPSA) is 23.0 Å². The Hall–Kier alpha value is -5.84. The van der Waals surface area contributed by atoms with Crippen molar-refractivity contribution in [3.05, 3.63) is 146 Å². The molecule has 0 radical (unpaired) electrons. The molecular formula is C42H24N2OS. The monoisotopic (exact) mass is 604 g/mol. The smallest absolute Gasteiger partial charge is 0.145 e. The molecule has 4 heterocycles. The molecule has 0 saturated heterocycles. The first kappa shape index (κ1) is 24.5. The molecule has 7 aromatic carbocycles. The predicted octanol–water partition coefficient (Wildman–Crippen LogP) is 12.1. The molecule has 0 saturated carbocycles. The Labute approximate surface area is 266 Å². The number of hydrogen-bond donors (Lipinski definition) is 0. The van der Waals surface area contributed by atoms with E-state index in [9.17, 15) is 0 Å². The molecule has 11 rings (SSSR count). The number of aromatic nitrogens is 2. The number of benzene rings is 7. The van der Waals surface area contributed by atoms with Gasteiger partial charge in [-0.15, -0.1) is 11.3 Å². The lowest BCUT2D eigenvalue weighted by atomic mass is 10.1. The Balaban J connectivity index is 1.36. The number of furan rings is 1. The van der Waals surface area contributed by atoms with Crippen LogP contribution in [0.3, 0.4) is 0 Å². The van der Waals surface area contributed by atoms with Crippen LogP contribution in [0.5, 0.6) is 0 Å². The normalized spacial score (nSPS) is 12.3. The molecule has 4 heteroatoms. The lowest BCUT2D eigenvalue weighted by molar-refractivity contribution is 0.673. The van der Waals surface area contributed by atoms with Gasteiger partial charge in [0.15, 0.2) is 0 Å². The zero-order valence-electron chi connectivity index (χ0n) is 24.6. The zero-order valence-corrected chi connectivity index (χ0v) is 25.4. The van der Waals surface area contributed by atoms with Crippen LogP contribution in [0.15, 0.2) is 150 Å². The highest BCUT2D eigenvalue weighted by Crippen LogP contribution is 2.44. The van der Waals surface area contributed by atoms with Crippen molar-refractivity contribution in [2.24, 2.45) is 0 Å². The van der Waals surface area contributed by atoms with E-state index in [0.29, 0.717) is 0 Å². The van der Waals surface area contributed by atoms with Crippen molar-refractivity contribution in [3.63, 3.8) is 0 Å². The number of hydrogen-bond acceptors (Lipinski definition) is 2. The Morgan fingerprint density at radius 2 is 1.11 bits per heavy atom. The molecule has 0 unspecified atom stereocenters. The standard InChI is InChI=1S/C42H24N2OS/c1-5-15-33-26(10-1)27-11-2-6-16-34(27)44(33)36-17-9-14-31-40-35(22-21-30-28-12-3-7-18-37(28)45-42(30)40)43(41(31)36)25-20-23-39-32(24-25)29-13-4-8-19-38(29)46-39/h1-24H. The molecule has 0 spiro atoms. The fourth-order valence-electron chi connectivity index (χ4n) is 7.80. The van der Waals surface area contributed by atoms with Gasteiger partial charge >= 0.3 is 0 Å². The summed E-state index contributed by atoms with van der Waals surface area (Å²) in [6.07, 6.45) is 0. The number of nitrogens with zero attached hydrogens (tertiary/aromatic N) is 2. The second kappa shape index (κ2) is 8.87. The molecule has 0 N–H and O–H groups in total. The number of thiophene rings is 1. The van der Waals surface area contributed by atoms with Crippen LogP contribution in [0.4, 0.5) is 0 Å². The van der Waals surface area contributed by atoms with Gasteiger partial charge in [-0.2, -0.15) is 0 Å². The molecule has 214 valence electrons. The fourth-order valence-corrected chi connectivity index (χ4v) is 8.88. The third kappa shape index (κ3) is 3.11. The van der Waals surface area contributed by atoms with Gasteiger partial charge in [0.1, 0.15) is 11.2 Å². The highest BCUT2D eigenvalue weighted by atomic mass is 32.1. The highest BCUT2D eigenvalue weighted by molar-refractivity contribution is 7.25. The average Bonchev–Trinajstić information content (AvgIpc) is 3.85. The van der Waals surface area contributed by atoms with E-state index in [-0.39, 0.29) is 0 Å². The molecular weight excluding hydrogens is 581 g/mol. The largest absolute Gasteiger partial charge is 0.455 e. The van der Waals surface area contributed by atoms with Gasteiger partial charge in [-0.1, -0.05) is 84.9 Å². The maximum absolute atomic E-state index is 6.69. The maximum atomic E-state index is 6.69. The second-order valence-electron chi connectivity index (χ2n) is 12.1. The summed E-state index contributed by atoms with van der Waals surface area (Å²) in [4.78, 5) is 0. The summed E-state index contributed by atoms with van der Waals surface area (Å²) in [5.74, 6) is 0. The van der Waals surface area contributed by atoms with Crippen molar-refractivity contribution in [3.8, 4) is 11.4 Å². The summed E-state index contributed by atoms with van der Waals surface area (Å²) in [5.41, 5.74) is 8.82. The predicted molar refractivity (Wildman–Crippen MR) is 195 cm³/mol. The lowest BCUT2D eigenvalue weighted by Gasteiger charge is -2.14. The van der Waals surface area contributed by atoms with Crippen LogP contribution in [-0.4, -0.2) is 9.13 Å². The summed E-state index contributed by atoms with van der Waals surface area (Å²) in [5, 5.41) is 9.69. The van der Waals surface area contributed by atoms with E-state index in [4.69, 9.17) is 4.42 Å². The first-order valence-corrected chi connectivity index (χ1v) is 16.4. The Kier molecular flexibility index (Phi) is 4.72. The van der Waals surface area contributed by atoms with Crippen LogP contribution in [0, 0.1) is 0 Å². The molecule has 0 bridgehead atoms. The summed E-state index contributed by atoms with van der Waals surface area (Å²) in [6, 6.07) is 52.8. The Bertz CT molecular complexity index is 2990. The van der Waals surface area contributed by atoms with Gasteiger partial charge in [-0.25, -0.2) is 0 Å². The number of rotatable bonds is 2. The summed E-state index contributed by atoms with van der Waals surface area (Å²) in [6.45, 7) is 0. The van der Waals surface area contributed by atoms with E-state index in [1.165, 1.54) is 47.4 Å². The Morgan fingerprint density at radius 3 is 1.93 bits per heavy atom. The fraction of sp³-hybridized carbons (Fsp3) is 0. The van der Waals surface area contributed by atoms with Gasteiger partial charge < -0.3 is 13.6 Å². The van der Waals surface area contributed by atoms with Crippen molar-refractivity contribution in [1.29, 1.82) is 0 Å². The highest BCUT2D eigenvalue weighted by Gasteiger charge is 2.23. The first-order chi connectivity index (χ1) is 22.8. The quantitative estimate of drug-likeness (QED) is 0.192. The first-order valence-electron chi connectivity index (χ1n) is 15.6. The minimum absolute atomic E-state index is 0.913. The lowest BCUT2D eigenvalue weighted by Crippen LogP contribution is -2.00. The number of fused-ring (bicyclic) bond motifs is 13. The molecule has 0 fully saturated rings. The molecule has 0 atom stereocenters. The van der Waals surface area contributed by atoms with Crippen LogP contribution >= 0.6 is 11.3 Å². The van der Waals surface area contributed by atoms with Crippen LogP contribution in [0.2, 0.25) is 0 Å². The summed E-state index contributed by atoms with van der Waals surface area (Å²) < 4.78 is 14.2. The molecule has 0 amide bonds. The minimum Gasteiger partial charge on any atom is -0.455 e. The van der Waals surface area contributed by atoms with Crippen molar-refractivity contribution in [1.82, 2.24) is 9.13 Å². The molecule has 0 aliphatic carbocycles. The molecule has 0 aliphatic rings. The van der Waals surface area contributed by atoms with Crippen LogP contribution < -0.4 is 0 Å². The summed E-state index contributed by atoms with van der Waals surface area (Å²) in [7, 11) is 0. The van der Waals surface area contributed by atoms with Gasteiger partial charge in [0.25, 0.3) is 0 Å². The Morgan fingerprint density at radius 1 is 0.435 bits per heavy atom. The molecule has 46 heavy (non-hydrogen) atoms. The van der Waals surface area contributed by atoms with Gasteiger partial charge in [0.2, 0.25) is 0 Å². The van der Waals surface area contributed by atoms with E-state index in [1.807, 2.05) is 17.4 Å². The molecule has 3 nitrogen and oxygen atoms in total. The van der Waals surface area contributed by atoms with Crippen LogP contribution in [0.25, 0.3) is 97.1 Å². The van der Waals surface area contributed by atoms with E-state index in [1.54, 1.807) is 0 Å². The van der Waals surface area contributed by atoms with Crippen molar-refractivity contribution in [2.45, 2.75) is 0 Å². The average molecular weight is 605 g/mol. The van der Waals surface area contributed by atoms with E-state index >= 15 is 0 Å². The zero-order chi connectivity index (χ0) is 29.9. The third-order valence-electron chi connectivity index (χ3n) is 9.71. The van der Waals surface area contributed by atoms with Crippen molar-refractivity contribution < 1.29 is 4.42 Å².